The Hall–Kier alpha value is -1.11. The summed E-state index contributed by atoms with van der Waals surface area (Å²) in [5.41, 5.74) is 5.97. The Bertz CT molecular complexity index is 382. The Morgan fingerprint density at radius 2 is 2.00 bits per heavy atom. The van der Waals surface area contributed by atoms with E-state index in [0.29, 0.717) is 4.47 Å². The maximum absolute atomic E-state index is 10.4. The van der Waals surface area contributed by atoms with Crippen molar-refractivity contribution >= 4 is 27.6 Å². The van der Waals surface area contributed by atoms with Crippen molar-refractivity contribution < 1.29 is 20.1 Å². The molecule has 0 aromatic heterocycles. The first kappa shape index (κ1) is 12.0. The van der Waals surface area contributed by atoms with Crippen LogP contribution in [-0.2, 0) is 4.79 Å². The first-order valence-electron chi connectivity index (χ1n) is 4.07. The molecule has 6 heteroatoms. The molecule has 0 heterocycles. The van der Waals surface area contributed by atoms with Crippen molar-refractivity contribution in [1.82, 2.24) is 0 Å². The number of aliphatic hydroxyl groups is 2. The molecule has 5 nitrogen and oxygen atoms in total. The molecule has 15 heavy (non-hydrogen) atoms. The van der Waals surface area contributed by atoms with Gasteiger partial charge >= 0.3 is 5.97 Å². The van der Waals surface area contributed by atoms with Crippen LogP contribution in [0.4, 0.5) is 5.69 Å². The van der Waals surface area contributed by atoms with Crippen LogP contribution < -0.4 is 5.73 Å². The maximum Gasteiger partial charge on any atom is 0.335 e. The van der Waals surface area contributed by atoms with E-state index in [9.17, 15) is 9.90 Å². The molecule has 0 amide bonds. The smallest absolute Gasteiger partial charge is 0.335 e. The topological polar surface area (TPSA) is 104 Å². The van der Waals surface area contributed by atoms with E-state index in [4.69, 9.17) is 15.9 Å². The Balaban J connectivity index is 3.01. The Morgan fingerprint density at radius 1 is 1.40 bits per heavy atom. The molecule has 1 rings (SSSR count). The van der Waals surface area contributed by atoms with E-state index in [-0.39, 0.29) is 11.3 Å². The largest absolute Gasteiger partial charge is 0.479 e. The second-order valence-corrected chi connectivity index (χ2v) is 3.92. The van der Waals surface area contributed by atoms with Gasteiger partial charge in [0, 0.05) is 15.7 Å². The lowest BCUT2D eigenvalue weighted by molar-refractivity contribution is -0.153. The van der Waals surface area contributed by atoms with Gasteiger partial charge in [-0.05, 0) is 12.1 Å². The van der Waals surface area contributed by atoms with E-state index in [1.54, 1.807) is 6.07 Å². The number of nitrogen functional groups attached to an aromatic ring is 1. The summed E-state index contributed by atoms with van der Waals surface area (Å²) < 4.78 is 0.709. The van der Waals surface area contributed by atoms with Crippen LogP contribution in [0.3, 0.4) is 0 Å². The van der Waals surface area contributed by atoms with E-state index < -0.39 is 18.2 Å². The van der Waals surface area contributed by atoms with Gasteiger partial charge in [0.1, 0.15) is 6.10 Å². The molecule has 0 saturated heterocycles. The van der Waals surface area contributed by atoms with Crippen LogP contribution in [0.25, 0.3) is 0 Å². The summed E-state index contributed by atoms with van der Waals surface area (Å²) in [6, 6.07) is 4.58. The number of aliphatic hydroxyl groups excluding tert-OH is 2. The molecular weight excluding hydrogens is 266 g/mol. The van der Waals surface area contributed by atoms with Crippen molar-refractivity contribution in [3.63, 3.8) is 0 Å². The number of aliphatic carboxylic acids is 1. The summed E-state index contributed by atoms with van der Waals surface area (Å²) in [6.45, 7) is 0. The van der Waals surface area contributed by atoms with Crippen molar-refractivity contribution in [2.75, 3.05) is 5.73 Å². The summed E-state index contributed by atoms with van der Waals surface area (Å²) >= 11 is 3.17. The summed E-state index contributed by atoms with van der Waals surface area (Å²) in [5.74, 6) is -1.50. The highest BCUT2D eigenvalue weighted by Crippen LogP contribution is 2.26. The Labute approximate surface area is 94.3 Å². The van der Waals surface area contributed by atoms with Crippen molar-refractivity contribution in [3.8, 4) is 0 Å². The van der Waals surface area contributed by atoms with Crippen LogP contribution in [-0.4, -0.2) is 27.4 Å². The first-order valence-corrected chi connectivity index (χ1v) is 4.86. The summed E-state index contributed by atoms with van der Waals surface area (Å²) in [5, 5.41) is 27.1. The minimum Gasteiger partial charge on any atom is -0.479 e. The van der Waals surface area contributed by atoms with Crippen LogP contribution in [0.15, 0.2) is 22.7 Å². The van der Waals surface area contributed by atoms with Gasteiger partial charge in [0.25, 0.3) is 0 Å². The second kappa shape index (κ2) is 4.61. The van der Waals surface area contributed by atoms with Crippen LogP contribution in [0.5, 0.6) is 0 Å². The molecular formula is C9H10BrNO4. The molecule has 5 N–H and O–H groups in total. The lowest BCUT2D eigenvalue weighted by atomic mass is 10.0. The number of hydrogen-bond acceptors (Lipinski definition) is 4. The van der Waals surface area contributed by atoms with Crippen molar-refractivity contribution in [1.29, 1.82) is 0 Å². The fourth-order valence-corrected chi connectivity index (χ4v) is 1.50. The molecule has 0 radical (unpaired) electrons. The predicted molar refractivity (Wildman–Crippen MR) is 57.2 cm³/mol. The van der Waals surface area contributed by atoms with Gasteiger partial charge in [-0.2, -0.15) is 0 Å². The number of anilines is 1. The lowest BCUT2D eigenvalue weighted by Crippen LogP contribution is -2.28. The van der Waals surface area contributed by atoms with E-state index in [0.717, 1.165) is 0 Å². The molecule has 0 fully saturated rings. The molecule has 0 aliphatic carbocycles. The van der Waals surface area contributed by atoms with Gasteiger partial charge in [0.15, 0.2) is 6.10 Å². The predicted octanol–water partition coefficient (Wildman–Crippen LogP) is 0.510. The number of nitrogens with two attached hydrogens (primary N) is 1. The van der Waals surface area contributed by atoms with Gasteiger partial charge in [-0.15, -0.1) is 0 Å². The summed E-state index contributed by atoms with van der Waals surface area (Å²) in [6.07, 6.45) is -3.41. The molecule has 2 atom stereocenters. The van der Waals surface area contributed by atoms with Gasteiger partial charge < -0.3 is 21.1 Å². The minimum atomic E-state index is -1.88. The number of hydrogen-bond donors (Lipinski definition) is 4. The van der Waals surface area contributed by atoms with Gasteiger partial charge in [0.05, 0.1) is 0 Å². The lowest BCUT2D eigenvalue weighted by Gasteiger charge is -2.16. The normalized spacial score (nSPS) is 14.6. The quantitative estimate of drug-likeness (QED) is 0.602. The molecule has 2 unspecified atom stereocenters. The zero-order valence-corrected chi connectivity index (χ0v) is 9.18. The summed E-state index contributed by atoms with van der Waals surface area (Å²) in [7, 11) is 0. The molecule has 0 saturated carbocycles. The number of halogens is 1. The third-order valence-electron chi connectivity index (χ3n) is 1.92. The highest BCUT2D eigenvalue weighted by molar-refractivity contribution is 9.10. The number of benzene rings is 1. The zero-order chi connectivity index (χ0) is 11.6. The first-order chi connectivity index (χ1) is 6.93. The number of carbonyl (C=O) groups is 1. The monoisotopic (exact) mass is 275 g/mol. The van der Waals surface area contributed by atoms with Crippen molar-refractivity contribution in [2.24, 2.45) is 0 Å². The maximum atomic E-state index is 10.4. The third kappa shape index (κ3) is 2.68. The zero-order valence-electron chi connectivity index (χ0n) is 7.59. The Kier molecular flexibility index (Phi) is 3.67. The number of carboxylic acid groups (broad SMARTS) is 1. The van der Waals surface area contributed by atoms with E-state index in [1.807, 2.05) is 0 Å². The standard InChI is InChI=1S/C9H10BrNO4/c10-4-1-2-5(6(11)3-4)7(12)8(13)9(14)15/h1-3,7-8,12-13H,11H2,(H,14,15). The summed E-state index contributed by atoms with van der Waals surface area (Å²) in [4.78, 5) is 10.4. The van der Waals surface area contributed by atoms with Gasteiger partial charge in [-0.3, -0.25) is 0 Å². The van der Waals surface area contributed by atoms with Gasteiger partial charge in [0.2, 0.25) is 0 Å². The van der Waals surface area contributed by atoms with E-state index in [2.05, 4.69) is 15.9 Å². The SMILES string of the molecule is Nc1cc(Br)ccc1C(O)C(O)C(=O)O. The highest BCUT2D eigenvalue weighted by atomic mass is 79.9. The van der Waals surface area contributed by atoms with E-state index in [1.165, 1.54) is 12.1 Å². The van der Waals surface area contributed by atoms with Crippen molar-refractivity contribution in [3.05, 3.63) is 28.2 Å². The second-order valence-electron chi connectivity index (χ2n) is 3.00. The van der Waals surface area contributed by atoms with Crippen LogP contribution >= 0.6 is 15.9 Å². The van der Waals surface area contributed by atoms with Crippen LogP contribution in [0.1, 0.15) is 11.7 Å². The molecule has 1 aromatic carbocycles. The molecule has 0 aliphatic heterocycles. The average molecular weight is 276 g/mol. The number of rotatable bonds is 3. The van der Waals surface area contributed by atoms with Crippen LogP contribution in [0.2, 0.25) is 0 Å². The van der Waals surface area contributed by atoms with Gasteiger partial charge in [-0.25, -0.2) is 4.79 Å². The highest BCUT2D eigenvalue weighted by Gasteiger charge is 2.26. The third-order valence-corrected chi connectivity index (χ3v) is 2.41. The van der Waals surface area contributed by atoms with Gasteiger partial charge in [-0.1, -0.05) is 22.0 Å². The molecule has 0 bridgehead atoms. The molecule has 82 valence electrons. The number of carboxylic acids is 1. The van der Waals surface area contributed by atoms with E-state index >= 15 is 0 Å². The Morgan fingerprint density at radius 3 is 2.47 bits per heavy atom. The molecule has 0 aliphatic rings. The fraction of sp³-hybridized carbons (Fsp3) is 0.222. The fourth-order valence-electron chi connectivity index (χ4n) is 1.12. The minimum absolute atomic E-state index is 0.188. The molecule has 0 spiro atoms. The van der Waals surface area contributed by atoms with Crippen LogP contribution in [0, 0.1) is 0 Å². The van der Waals surface area contributed by atoms with Crippen molar-refractivity contribution in [2.45, 2.75) is 12.2 Å². The molecule has 1 aromatic rings. The average Bonchev–Trinajstić information content (AvgIpc) is 2.15.